The first-order valence-electron chi connectivity index (χ1n) is 6.56. The number of para-hydroxylation sites is 1. The molecule has 3 aromatic rings. The molecule has 2 nitrogen and oxygen atoms in total. The molecule has 0 N–H and O–H groups in total. The summed E-state index contributed by atoms with van der Waals surface area (Å²) < 4.78 is 15.7. The summed E-state index contributed by atoms with van der Waals surface area (Å²) in [6.07, 6.45) is 0. The smallest absolute Gasteiger partial charge is 0.143 e. The maximum absolute atomic E-state index is 13.8. The van der Waals surface area contributed by atoms with Crippen LogP contribution in [0.15, 0.2) is 36.4 Å². The third kappa shape index (κ3) is 2.41. The van der Waals surface area contributed by atoms with Crippen LogP contribution in [0, 0.1) is 12.7 Å². The van der Waals surface area contributed by atoms with Crippen molar-refractivity contribution in [2.45, 2.75) is 19.2 Å². The number of halogens is 3. The van der Waals surface area contributed by atoms with Gasteiger partial charge >= 0.3 is 0 Å². The van der Waals surface area contributed by atoms with E-state index in [2.05, 4.69) is 4.98 Å². The fourth-order valence-electron chi connectivity index (χ4n) is 2.46. The van der Waals surface area contributed by atoms with Gasteiger partial charge in [0.2, 0.25) is 0 Å². The average molecular weight is 323 g/mol. The van der Waals surface area contributed by atoms with Crippen LogP contribution in [0.25, 0.3) is 16.7 Å². The number of benzene rings is 2. The molecule has 0 fully saturated rings. The zero-order valence-corrected chi connectivity index (χ0v) is 13.1. The van der Waals surface area contributed by atoms with Gasteiger partial charge in [0.25, 0.3) is 0 Å². The Balaban J connectivity index is 2.38. The summed E-state index contributed by atoms with van der Waals surface area (Å²) in [7, 11) is 0. The predicted molar refractivity (Wildman–Crippen MR) is 85.0 cm³/mol. The standard InChI is InChI=1S/C16H13Cl2FN2/c1-9-4-3-5-14-15(9)21(16(20-14)10(2)17)11-6-7-12(18)13(19)8-11/h3-8,10H,1-2H3. The van der Waals surface area contributed by atoms with Gasteiger partial charge in [-0.1, -0.05) is 23.7 Å². The molecule has 1 heterocycles. The van der Waals surface area contributed by atoms with Crippen LogP contribution in [0.3, 0.4) is 0 Å². The van der Waals surface area contributed by atoms with E-state index >= 15 is 0 Å². The molecule has 0 bridgehead atoms. The summed E-state index contributed by atoms with van der Waals surface area (Å²) in [6, 6.07) is 10.6. The molecule has 0 aliphatic heterocycles. The Hall–Kier alpha value is -1.58. The normalized spacial score (nSPS) is 12.8. The Bertz CT molecular complexity index is 825. The van der Waals surface area contributed by atoms with Gasteiger partial charge in [0.05, 0.1) is 27.1 Å². The minimum Gasteiger partial charge on any atom is -0.295 e. The molecule has 0 aliphatic carbocycles. The van der Waals surface area contributed by atoms with Gasteiger partial charge in [-0.3, -0.25) is 4.57 Å². The summed E-state index contributed by atoms with van der Waals surface area (Å²) in [5.41, 5.74) is 3.49. The van der Waals surface area contributed by atoms with E-state index in [9.17, 15) is 4.39 Å². The number of fused-ring (bicyclic) bond motifs is 1. The lowest BCUT2D eigenvalue weighted by atomic mass is 10.2. The van der Waals surface area contributed by atoms with E-state index < -0.39 is 5.82 Å². The van der Waals surface area contributed by atoms with Crippen LogP contribution in [0.5, 0.6) is 0 Å². The first-order valence-corrected chi connectivity index (χ1v) is 7.38. The van der Waals surface area contributed by atoms with Gasteiger partial charge in [-0.2, -0.15) is 0 Å². The van der Waals surface area contributed by atoms with E-state index in [1.165, 1.54) is 6.07 Å². The number of imidazole rings is 1. The number of rotatable bonds is 2. The highest BCUT2D eigenvalue weighted by Gasteiger charge is 2.18. The first kappa shape index (κ1) is 14.4. The molecule has 3 rings (SSSR count). The number of alkyl halides is 1. The Morgan fingerprint density at radius 2 is 2.00 bits per heavy atom. The Morgan fingerprint density at radius 3 is 2.67 bits per heavy atom. The van der Waals surface area contributed by atoms with E-state index in [1.807, 2.05) is 36.6 Å². The maximum Gasteiger partial charge on any atom is 0.143 e. The lowest BCUT2D eigenvalue weighted by molar-refractivity contribution is 0.627. The molecule has 0 saturated carbocycles. The molecule has 0 amide bonds. The molecule has 0 radical (unpaired) electrons. The van der Waals surface area contributed by atoms with Crippen LogP contribution in [0.1, 0.15) is 23.7 Å². The molecule has 0 saturated heterocycles. The highest BCUT2D eigenvalue weighted by atomic mass is 35.5. The third-order valence-electron chi connectivity index (χ3n) is 3.42. The van der Waals surface area contributed by atoms with Gasteiger partial charge in [0, 0.05) is 0 Å². The summed E-state index contributed by atoms with van der Waals surface area (Å²) >= 11 is 12.0. The minimum atomic E-state index is -0.460. The summed E-state index contributed by atoms with van der Waals surface area (Å²) in [4.78, 5) is 4.58. The molecule has 1 atom stereocenters. The molecule has 5 heteroatoms. The van der Waals surface area contributed by atoms with Gasteiger partial charge < -0.3 is 0 Å². The molecule has 108 valence electrons. The van der Waals surface area contributed by atoms with Gasteiger partial charge in [-0.25, -0.2) is 9.37 Å². The number of nitrogens with zero attached hydrogens (tertiary/aromatic N) is 2. The van der Waals surface area contributed by atoms with Crippen LogP contribution in [0.2, 0.25) is 5.02 Å². The van der Waals surface area contributed by atoms with Crippen LogP contribution in [0.4, 0.5) is 4.39 Å². The molecule has 0 spiro atoms. The molecule has 1 unspecified atom stereocenters. The molecule has 0 aliphatic rings. The fraction of sp³-hybridized carbons (Fsp3) is 0.188. The fourth-order valence-corrected chi connectivity index (χ4v) is 2.73. The van der Waals surface area contributed by atoms with Crippen molar-refractivity contribution in [3.63, 3.8) is 0 Å². The van der Waals surface area contributed by atoms with E-state index in [0.29, 0.717) is 11.5 Å². The number of aryl methyl sites for hydroxylation is 1. The van der Waals surface area contributed by atoms with Crippen molar-refractivity contribution in [2.24, 2.45) is 0 Å². The Morgan fingerprint density at radius 1 is 1.24 bits per heavy atom. The predicted octanol–water partition coefficient (Wildman–Crippen LogP) is 5.43. The van der Waals surface area contributed by atoms with Crippen LogP contribution in [-0.4, -0.2) is 9.55 Å². The largest absolute Gasteiger partial charge is 0.295 e. The van der Waals surface area contributed by atoms with Crippen molar-refractivity contribution >= 4 is 34.2 Å². The maximum atomic E-state index is 13.8. The minimum absolute atomic E-state index is 0.0976. The Kier molecular flexibility index (Phi) is 3.64. The highest BCUT2D eigenvalue weighted by molar-refractivity contribution is 6.30. The number of hydrogen-bond donors (Lipinski definition) is 0. The van der Waals surface area contributed by atoms with Gasteiger partial charge in [0.1, 0.15) is 11.6 Å². The molecular weight excluding hydrogens is 310 g/mol. The van der Waals surface area contributed by atoms with Gasteiger partial charge in [0.15, 0.2) is 0 Å². The van der Waals surface area contributed by atoms with Crippen LogP contribution in [-0.2, 0) is 0 Å². The lowest BCUT2D eigenvalue weighted by Crippen LogP contribution is -2.03. The zero-order chi connectivity index (χ0) is 15.1. The SMILES string of the molecule is Cc1cccc2nc(C(C)Cl)n(-c3ccc(Cl)c(F)c3)c12. The second kappa shape index (κ2) is 5.32. The second-order valence-electron chi connectivity index (χ2n) is 4.96. The van der Waals surface area contributed by atoms with E-state index in [-0.39, 0.29) is 10.4 Å². The monoisotopic (exact) mass is 322 g/mol. The zero-order valence-electron chi connectivity index (χ0n) is 11.6. The highest BCUT2D eigenvalue weighted by Crippen LogP contribution is 2.31. The van der Waals surface area contributed by atoms with Crippen molar-refractivity contribution in [3.05, 3.63) is 58.6 Å². The summed E-state index contributed by atoms with van der Waals surface area (Å²) in [5, 5.41) is -0.198. The van der Waals surface area contributed by atoms with Crippen LogP contribution < -0.4 is 0 Å². The molecular formula is C16H13Cl2FN2. The van der Waals surface area contributed by atoms with Crippen molar-refractivity contribution in [1.29, 1.82) is 0 Å². The van der Waals surface area contributed by atoms with Crippen molar-refractivity contribution in [3.8, 4) is 5.69 Å². The first-order chi connectivity index (χ1) is 9.99. The van der Waals surface area contributed by atoms with Crippen molar-refractivity contribution in [2.75, 3.05) is 0 Å². The number of aromatic nitrogens is 2. The molecule has 21 heavy (non-hydrogen) atoms. The van der Waals surface area contributed by atoms with Gasteiger partial charge in [-0.15, -0.1) is 11.6 Å². The second-order valence-corrected chi connectivity index (χ2v) is 6.02. The molecule has 2 aromatic carbocycles. The molecule has 1 aromatic heterocycles. The summed E-state index contributed by atoms with van der Waals surface area (Å²) in [5.74, 6) is 0.223. The lowest BCUT2D eigenvalue weighted by Gasteiger charge is -2.12. The topological polar surface area (TPSA) is 17.8 Å². The third-order valence-corrected chi connectivity index (χ3v) is 3.92. The Labute approximate surface area is 132 Å². The van der Waals surface area contributed by atoms with Crippen molar-refractivity contribution < 1.29 is 4.39 Å². The quantitative estimate of drug-likeness (QED) is 0.575. The van der Waals surface area contributed by atoms with E-state index in [1.54, 1.807) is 12.1 Å². The van der Waals surface area contributed by atoms with Crippen molar-refractivity contribution in [1.82, 2.24) is 9.55 Å². The van der Waals surface area contributed by atoms with Gasteiger partial charge in [-0.05, 0) is 43.7 Å². The summed E-state index contributed by atoms with van der Waals surface area (Å²) in [6.45, 7) is 3.84. The van der Waals surface area contributed by atoms with E-state index in [4.69, 9.17) is 23.2 Å². The number of hydrogen-bond acceptors (Lipinski definition) is 1. The van der Waals surface area contributed by atoms with Crippen LogP contribution >= 0.6 is 23.2 Å². The average Bonchev–Trinajstić information content (AvgIpc) is 2.83. The van der Waals surface area contributed by atoms with E-state index in [0.717, 1.165) is 16.6 Å².